The molecule has 0 radical (unpaired) electrons. The number of alkyl halides is 3. The second-order valence-corrected chi connectivity index (χ2v) is 8.26. The van der Waals surface area contributed by atoms with Crippen LogP contribution in [0.4, 0.5) is 14.5 Å². The van der Waals surface area contributed by atoms with Crippen molar-refractivity contribution in [1.29, 1.82) is 0 Å². The minimum absolute atomic E-state index is 0.0525. The summed E-state index contributed by atoms with van der Waals surface area (Å²) in [7, 11) is 0. The number of nitrogens with one attached hydrogen (secondary N) is 1. The van der Waals surface area contributed by atoms with Gasteiger partial charge < -0.3 is 19.7 Å². The van der Waals surface area contributed by atoms with Gasteiger partial charge in [0.2, 0.25) is 0 Å². The molecule has 0 bridgehead atoms. The maximum atomic E-state index is 12.7. The SMILES string of the molecule is CC(O)c1nc2cc(C(=O)Nc3ccc(OC(F)(F)Cl)cc3)cc(Br)c2n1C(C)C. The molecule has 0 aliphatic rings. The summed E-state index contributed by atoms with van der Waals surface area (Å²) in [4.78, 5) is 17.2. The number of halogens is 4. The first-order chi connectivity index (χ1) is 14.0. The highest BCUT2D eigenvalue weighted by Crippen LogP contribution is 2.32. The highest BCUT2D eigenvalue weighted by molar-refractivity contribution is 9.10. The highest BCUT2D eigenvalue weighted by Gasteiger charge is 2.27. The number of aliphatic hydroxyl groups excluding tert-OH is 1. The van der Waals surface area contributed by atoms with E-state index in [1.54, 1.807) is 19.1 Å². The zero-order valence-corrected chi connectivity index (χ0v) is 18.6. The van der Waals surface area contributed by atoms with Crippen LogP contribution in [0.3, 0.4) is 0 Å². The molecule has 3 rings (SSSR count). The van der Waals surface area contributed by atoms with Gasteiger partial charge in [-0.3, -0.25) is 4.79 Å². The number of carbonyl (C=O) groups is 1. The van der Waals surface area contributed by atoms with Crippen molar-refractivity contribution in [3.8, 4) is 5.75 Å². The summed E-state index contributed by atoms with van der Waals surface area (Å²) < 4.78 is 32.2. The van der Waals surface area contributed by atoms with Crippen LogP contribution in [0.5, 0.6) is 5.75 Å². The van der Waals surface area contributed by atoms with Crippen molar-refractivity contribution in [3.05, 3.63) is 52.3 Å². The second-order valence-electron chi connectivity index (χ2n) is 6.96. The molecule has 0 saturated carbocycles. The van der Waals surface area contributed by atoms with Gasteiger partial charge in [-0.15, -0.1) is 8.78 Å². The van der Waals surface area contributed by atoms with Gasteiger partial charge in [-0.25, -0.2) is 4.98 Å². The van der Waals surface area contributed by atoms with Crippen molar-refractivity contribution in [3.63, 3.8) is 0 Å². The Morgan fingerprint density at radius 1 is 1.27 bits per heavy atom. The van der Waals surface area contributed by atoms with Crippen LogP contribution >= 0.6 is 27.5 Å². The lowest BCUT2D eigenvalue weighted by molar-refractivity contribution is -0.0964. The number of ether oxygens (including phenoxy) is 1. The average molecular weight is 503 g/mol. The fourth-order valence-corrected chi connectivity index (χ4v) is 3.82. The standard InChI is InChI=1S/C20H19BrClF2N3O3/c1-10(2)27-17-15(21)8-12(9-16(17)26-18(27)11(3)28)19(29)25-13-4-6-14(7-5-13)30-20(22,23)24/h4-11,28H,1-3H3,(H,25,29). The van der Waals surface area contributed by atoms with Crippen molar-refractivity contribution in [1.82, 2.24) is 9.55 Å². The number of nitrogens with zero attached hydrogens (tertiary/aromatic N) is 2. The Labute approximate surface area is 184 Å². The third kappa shape index (κ3) is 4.91. The fourth-order valence-electron chi connectivity index (χ4n) is 3.09. The summed E-state index contributed by atoms with van der Waals surface area (Å²) in [6.07, 6.45) is -0.773. The van der Waals surface area contributed by atoms with Gasteiger partial charge in [0, 0.05) is 33.4 Å². The van der Waals surface area contributed by atoms with Crippen LogP contribution in [0.1, 0.15) is 49.1 Å². The Morgan fingerprint density at radius 2 is 1.90 bits per heavy atom. The molecule has 0 fully saturated rings. The molecule has 1 unspecified atom stereocenters. The van der Waals surface area contributed by atoms with E-state index in [4.69, 9.17) is 11.6 Å². The number of amides is 1. The number of fused-ring (bicyclic) bond motifs is 1. The van der Waals surface area contributed by atoms with Crippen molar-refractivity contribution < 1.29 is 23.4 Å². The molecule has 10 heteroatoms. The summed E-state index contributed by atoms with van der Waals surface area (Å²) >= 11 is 8.23. The lowest BCUT2D eigenvalue weighted by Crippen LogP contribution is -2.15. The summed E-state index contributed by atoms with van der Waals surface area (Å²) in [6.45, 7) is 5.59. The maximum absolute atomic E-state index is 12.7. The van der Waals surface area contributed by atoms with E-state index < -0.39 is 17.6 Å². The largest absolute Gasteiger partial charge is 0.487 e. The Bertz CT molecular complexity index is 1080. The number of imidazole rings is 1. The Morgan fingerprint density at radius 3 is 2.43 bits per heavy atom. The monoisotopic (exact) mass is 501 g/mol. The molecule has 2 aromatic carbocycles. The van der Waals surface area contributed by atoms with Gasteiger partial charge in [-0.2, -0.15) is 0 Å². The number of aliphatic hydroxyl groups is 1. The molecule has 0 aliphatic carbocycles. The van der Waals surface area contributed by atoms with E-state index >= 15 is 0 Å². The molecule has 6 nitrogen and oxygen atoms in total. The van der Waals surface area contributed by atoms with Gasteiger partial charge >= 0.3 is 5.57 Å². The third-order valence-electron chi connectivity index (χ3n) is 4.26. The minimum atomic E-state index is -3.81. The van der Waals surface area contributed by atoms with E-state index in [-0.39, 0.29) is 11.8 Å². The van der Waals surface area contributed by atoms with Gasteiger partial charge in [0.1, 0.15) is 17.7 Å². The zero-order valence-electron chi connectivity index (χ0n) is 16.3. The molecule has 1 atom stereocenters. The molecule has 0 saturated heterocycles. The number of anilines is 1. The van der Waals surface area contributed by atoms with Crippen LogP contribution in [0.15, 0.2) is 40.9 Å². The first-order valence-corrected chi connectivity index (χ1v) is 10.2. The summed E-state index contributed by atoms with van der Waals surface area (Å²) in [6, 6.07) is 8.72. The smallest absolute Gasteiger partial charge is 0.420 e. The molecule has 1 aromatic heterocycles. The zero-order chi connectivity index (χ0) is 22.2. The summed E-state index contributed by atoms with van der Waals surface area (Å²) in [5, 5.41) is 12.8. The quantitative estimate of drug-likeness (QED) is 0.414. The molecule has 30 heavy (non-hydrogen) atoms. The molecule has 0 aliphatic heterocycles. The van der Waals surface area contributed by atoms with Crippen LogP contribution in [0, 0.1) is 0 Å². The van der Waals surface area contributed by atoms with E-state index in [9.17, 15) is 18.7 Å². The second kappa shape index (κ2) is 8.49. The van der Waals surface area contributed by atoms with Gasteiger partial charge in [0.05, 0.1) is 11.0 Å². The first kappa shape index (κ1) is 22.5. The Kier molecular flexibility index (Phi) is 6.35. The number of hydrogen-bond acceptors (Lipinski definition) is 4. The molecular weight excluding hydrogens is 484 g/mol. The molecular formula is C20H19BrClF2N3O3. The van der Waals surface area contributed by atoms with E-state index in [2.05, 4.69) is 31.0 Å². The summed E-state index contributed by atoms with van der Waals surface area (Å²) in [5.74, 6) is -0.0429. The van der Waals surface area contributed by atoms with Crippen LogP contribution in [-0.2, 0) is 0 Å². The van der Waals surface area contributed by atoms with Gasteiger partial charge in [0.25, 0.3) is 5.91 Å². The molecule has 160 valence electrons. The van der Waals surface area contributed by atoms with Crippen LogP contribution in [0.2, 0.25) is 0 Å². The van der Waals surface area contributed by atoms with Crippen LogP contribution < -0.4 is 10.1 Å². The highest BCUT2D eigenvalue weighted by atomic mass is 79.9. The lowest BCUT2D eigenvalue weighted by Gasteiger charge is -2.15. The fraction of sp³-hybridized carbons (Fsp3) is 0.300. The number of hydrogen-bond donors (Lipinski definition) is 2. The maximum Gasteiger partial charge on any atom is 0.487 e. The topological polar surface area (TPSA) is 76.4 Å². The average Bonchev–Trinajstić information content (AvgIpc) is 3.03. The third-order valence-corrected chi connectivity index (χ3v) is 4.95. The molecule has 3 aromatic rings. The van der Waals surface area contributed by atoms with Gasteiger partial charge in [-0.1, -0.05) is 0 Å². The predicted molar refractivity (Wildman–Crippen MR) is 114 cm³/mol. The van der Waals surface area contributed by atoms with Crippen molar-refractivity contribution in [2.24, 2.45) is 0 Å². The number of carbonyl (C=O) groups excluding carboxylic acids is 1. The van der Waals surface area contributed by atoms with Crippen molar-refractivity contribution in [2.45, 2.75) is 38.5 Å². The number of rotatable bonds is 6. The van der Waals surface area contributed by atoms with E-state index in [1.807, 2.05) is 18.4 Å². The van der Waals surface area contributed by atoms with Crippen LogP contribution in [0.25, 0.3) is 11.0 Å². The van der Waals surface area contributed by atoms with E-state index in [0.29, 0.717) is 27.1 Å². The normalized spacial score (nSPS) is 13.0. The van der Waals surface area contributed by atoms with Crippen molar-refractivity contribution in [2.75, 3.05) is 5.32 Å². The van der Waals surface area contributed by atoms with E-state index in [1.165, 1.54) is 24.3 Å². The summed E-state index contributed by atoms with van der Waals surface area (Å²) in [5.41, 5.74) is -1.74. The van der Waals surface area contributed by atoms with Gasteiger partial charge in [-0.05, 0) is 73.1 Å². The minimum Gasteiger partial charge on any atom is -0.420 e. The predicted octanol–water partition coefficient (Wildman–Crippen LogP) is 5.85. The van der Waals surface area contributed by atoms with Crippen LogP contribution in [-0.4, -0.2) is 26.1 Å². The Hall–Kier alpha value is -2.23. The van der Waals surface area contributed by atoms with E-state index in [0.717, 1.165) is 5.52 Å². The van der Waals surface area contributed by atoms with Gasteiger partial charge in [0.15, 0.2) is 0 Å². The Balaban J connectivity index is 1.89. The first-order valence-electron chi connectivity index (χ1n) is 9.03. The van der Waals surface area contributed by atoms with Crippen molar-refractivity contribution >= 4 is 50.2 Å². The molecule has 1 amide bonds. The number of aromatic nitrogens is 2. The molecule has 2 N–H and O–H groups in total. The molecule has 0 spiro atoms. The number of benzene rings is 2. The molecule has 1 heterocycles. The lowest BCUT2D eigenvalue weighted by atomic mass is 10.1.